The SMILES string of the molecule is O=C(NC1CCCC1)c1cnc(NC2CCS(=O)(=O)C2)nc1. The lowest BCUT2D eigenvalue weighted by atomic mass is 10.2. The van der Waals surface area contributed by atoms with Gasteiger partial charge >= 0.3 is 0 Å². The van der Waals surface area contributed by atoms with Crippen molar-refractivity contribution in [2.24, 2.45) is 0 Å². The number of nitrogens with zero attached hydrogens (tertiary/aromatic N) is 2. The molecule has 0 bridgehead atoms. The molecule has 8 heteroatoms. The van der Waals surface area contributed by atoms with Crippen molar-refractivity contribution >= 4 is 21.7 Å². The maximum absolute atomic E-state index is 12.1. The zero-order valence-electron chi connectivity index (χ0n) is 12.3. The molecule has 1 amide bonds. The van der Waals surface area contributed by atoms with E-state index in [0.29, 0.717) is 17.9 Å². The lowest BCUT2D eigenvalue weighted by Crippen LogP contribution is -2.32. The third-order valence-electron chi connectivity index (χ3n) is 4.17. The molecule has 1 aromatic rings. The predicted molar refractivity (Wildman–Crippen MR) is 82.4 cm³/mol. The summed E-state index contributed by atoms with van der Waals surface area (Å²) in [5.41, 5.74) is 0.427. The smallest absolute Gasteiger partial charge is 0.254 e. The molecule has 2 fully saturated rings. The fourth-order valence-electron chi connectivity index (χ4n) is 2.95. The molecule has 2 heterocycles. The van der Waals surface area contributed by atoms with Crippen LogP contribution in [0.5, 0.6) is 0 Å². The van der Waals surface area contributed by atoms with Crippen molar-refractivity contribution in [2.75, 3.05) is 16.8 Å². The predicted octanol–water partition coefficient (Wildman–Crippen LogP) is 0.748. The minimum absolute atomic E-state index is 0.111. The Labute approximate surface area is 129 Å². The Hall–Kier alpha value is -1.70. The number of aromatic nitrogens is 2. The molecule has 22 heavy (non-hydrogen) atoms. The van der Waals surface area contributed by atoms with Gasteiger partial charge in [-0.1, -0.05) is 12.8 Å². The highest BCUT2D eigenvalue weighted by molar-refractivity contribution is 7.91. The summed E-state index contributed by atoms with van der Waals surface area (Å²) in [5, 5.41) is 5.98. The van der Waals surface area contributed by atoms with Gasteiger partial charge in [-0.25, -0.2) is 18.4 Å². The van der Waals surface area contributed by atoms with E-state index in [1.807, 2.05) is 0 Å². The summed E-state index contributed by atoms with van der Waals surface area (Å²) in [5.74, 6) is 0.522. The topological polar surface area (TPSA) is 101 Å². The Morgan fingerprint density at radius 3 is 2.36 bits per heavy atom. The Morgan fingerprint density at radius 2 is 1.77 bits per heavy atom. The zero-order chi connectivity index (χ0) is 15.6. The molecule has 120 valence electrons. The Balaban J connectivity index is 1.56. The van der Waals surface area contributed by atoms with Crippen LogP contribution < -0.4 is 10.6 Å². The van der Waals surface area contributed by atoms with Crippen LogP contribution in [0.3, 0.4) is 0 Å². The van der Waals surface area contributed by atoms with E-state index in [1.165, 1.54) is 12.4 Å². The van der Waals surface area contributed by atoms with Gasteiger partial charge in [0.15, 0.2) is 9.84 Å². The second-order valence-corrected chi connectivity index (χ2v) is 8.22. The van der Waals surface area contributed by atoms with E-state index >= 15 is 0 Å². The van der Waals surface area contributed by atoms with Crippen molar-refractivity contribution in [1.82, 2.24) is 15.3 Å². The van der Waals surface area contributed by atoms with E-state index in [1.54, 1.807) is 0 Å². The molecule has 2 N–H and O–H groups in total. The van der Waals surface area contributed by atoms with E-state index in [9.17, 15) is 13.2 Å². The normalized spacial score (nSPS) is 24.3. The highest BCUT2D eigenvalue weighted by atomic mass is 32.2. The highest BCUT2D eigenvalue weighted by Crippen LogP contribution is 2.18. The van der Waals surface area contributed by atoms with Gasteiger partial charge < -0.3 is 10.6 Å². The lowest BCUT2D eigenvalue weighted by Gasteiger charge is -2.12. The number of sulfone groups is 1. The van der Waals surface area contributed by atoms with Crippen molar-refractivity contribution in [2.45, 2.75) is 44.2 Å². The van der Waals surface area contributed by atoms with Gasteiger partial charge in [-0.15, -0.1) is 0 Å². The fraction of sp³-hybridized carbons (Fsp3) is 0.643. The van der Waals surface area contributed by atoms with Crippen LogP contribution in [0, 0.1) is 0 Å². The summed E-state index contributed by atoms with van der Waals surface area (Å²) in [6.45, 7) is 0. The summed E-state index contributed by atoms with van der Waals surface area (Å²) < 4.78 is 22.8. The van der Waals surface area contributed by atoms with Crippen LogP contribution in [0.25, 0.3) is 0 Å². The van der Waals surface area contributed by atoms with Crippen molar-refractivity contribution < 1.29 is 13.2 Å². The molecule has 1 aromatic heterocycles. The maximum atomic E-state index is 12.1. The Morgan fingerprint density at radius 1 is 1.09 bits per heavy atom. The lowest BCUT2D eigenvalue weighted by molar-refractivity contribution is 0.0937. The summed E-state index contributed by atoms with van der Waals surface area (Å²) in [6.07, 6.45) is 7.90. The Bertz CT molecular complexity index is 639. The average molecular weight is 324 g/mol. The average Bonchev–Trinajstić information content (AvgIpc) is 3.09. The van der Waals surface area contributed by atoms with Crippen LogP contribution in [-0.4, -0.2) is 47.9 Å². The monoisotopic (exact) mass is 324 g/mol. The minimum atomic E-state index is -2.93. The van der Waals surface area contributed by atoms with Crippen LogP contribution in [0.2, 0.25) is 0 Å². The van der Waals surface area contributed by atoms with Crippen molar-refractivity contribution in [3.63, 3.8) is 0 Å². The van der Waals surface area contributed by atoms with E-state index in [-0.39, 0.29) is 29.5 Å². The van der Waals surface area contributed by atoms with Gasteiger partial charge in [-0.05, 0) is 19.3 Å². The molecule has 1 aliphatic heterocycles. The van der Waals surface area contributed by atoms with E-state index in [0.717, 1.165) is 25.7 Å². The molecule has 1 aliphatic carbocycles. The standard InChI is InChI=1S/C14H20N4O3S/c19-13(17-11-3-1-2-4-11)10-7-15-14(16-8-10)18-12-5-6-22(20,21)9-12/h7-8,11-12H,1-6,9H2,(H,17,19)(H,15,16,18). The summed E-state index contributed by atoms with van der Waals surface area (Å²) >= 11 is 0. The second-order valence-electron chi connectivity index (χ2n) is 5.99. The second kappa shape index (κ2) is 6.20. The first kappa shape index (κ1) is 15.2. The first-order valence-corrected chi connectivity index (χ1v) is 9.44. The highest BCUT2D eigenvalue weighted by Gasteiger charge is 2.28. The first-order chi connectivity index (χ1) is 10.5. The number of carbonyl (C=O) groups excluding carboxylic acids is 1. The third kappa shape index (κ3) is 3.73. The Kier molecular flexibility index (Phi) is 4.28. The van der Waals surface area contributed by atoms with Gasteiger partial charge in [0.25, 0.3) is 5.91 Å². The fourth-order valence-corrected chi connectivity index (χ4v) is 4.62. The molecule has 0 spiro atoms. The largest absolute Gasteiger partial charge is 0.350 e. The molecule has 0 radical (unpaired) electrons. The summed E-state index contributed by atoms with van der Waals surface area (Å²) in [6, 6.07) is 0.108. The molecule has 1 atom stereocenters. The van der Waals surface area contributed by atoms with E-state index in [2.05, 4.69) is 20.6 Å². The van der Waals surface area contributed by atoms with E-state index in [4.69, 9.17) is 0 Å². The van der Waals surface area contributed by atoms with Crippen LogP contribution in [0.1, 0.15) is 42.5 Å². The van der Waals surface area contributed by atoms with Gasteiger partial charge in [-0.3, -0.25) is 4.79 Å². The van der Waals surface area contributed by atoms with Gasteiger partial charge in [0.05, 0.1) is 17.1 Å². The summed E-state index contributed by atoms with van der Waals surface area (Å²) in [4.78, 5) is 20.3. The van der Waals surface area contributed by atoms with Crippen LogP contribution in [0.15, 0.2) is 12.4 Å². The molecule has 1 saturated carbocycles. The number of nitrogens with one attached hydrogen (secondary N) is 2. The number of hydrogen-bond donors (Lipinski definition) is 2. The number of anilines is 1. The van der Waals surface area contributed by atoms with Gasteiger partial charge in [-0.2, -0.15) is 0 Å². The molecule has 2 aliphatic rings. The van der Waals surface area contributed by atoms with Crippen LogP contribution >= 0.6 is 0 Å². The van der Waals surface area contributed by atoms with Gasteiger partial charge in [0.2, 0.25) is 5.95 Å². The molecule has 1 unspecified atom stereocenters. The van der Waals surface area contributed by atoms with Crippen LogP contribution in [-0.2, 0) is 9.84 Å². The van der Waals surface area contributed by atoms with Gasteiger partial charge in [0.1, 0.15) is 0 Å². The number of amides is 1. The minimum Gasteiger partial charge on any atom is -0.350 e. The molecule has 0 aromatic carbocycles. The van der Waals surface area contributed by atoms with Crippen molar-refractivity contribution in [1.29, 1.82) is 0 Å². The maximum Gasteiger partial charge on any atom is 0.254 e. The van der Waals surface area contributed by atoms with Crippen molar-refractivity contribution in [3.8, 4) is 0 Å². The number of rotatable bonds is 4. The van der Waals surface area contributed by atoms with Crippen LogP contribution in [0.4, 0.5) is 5.95 Å². The van der Waals surface area contributed by atoms with Crippen molar-refractivity contribution in [3.05, 3.63) is 18.0 Å². The molecule has 7 nitrogen and oxygen atoms in total. The number of carbonyl (C=O) groups is 1. The van der Waals surface area contributed by atoms with Gasteiger partial charge in [0, 0.05) is 24.5 Å². The first-order valence-electron chi connectivity index (χ1n) is 7.62. The molecule has 1 saturated heterocycles. The molecule has 3 rings (SSSR count). The zero-order valence-corrected chi connectivity index (χ0v) is 13.1. The summed E-state index contributed by atoms with van der Waals surface area (Å²) in [7, 11) is -2.93. The molecular formula is C14H20N4O3S. The third-order valence-corrected chi connectivity index (χ3v) is 5.94. The van der Waals surface area contributed by atoms with E-state index < -0.39 is 9.84 Å². The molecular weight excluding hydrogens is 304 g/mol. The number of hydrogen-bond acceptors (Lipinski definition) is 6. The quantitative estimate of drug-likeness (QED) is 0.847.